The van der Waals surface area contributed by atoms with Gasteiger partial charge < -0.3 is 9.88 Å². The predicted molar refractivity (Wildman–Crippen MR) is 79.0 cm³/mol. The summed E-state index contributed by atoms with van der Waals surface area (Å²) in [7, 11) is 0.00912. The molecule has 0 aliphatic rings. The van der Waals surface area contributed by atoms with Gasteiger partial charge in [-0.3, -0.25) is 0 Å². The second-order valence-corrected chi connectivity index (χ2v) is 6.49. The summed E-state index contributed by atoms with van der Waals surface area (Å²) in [5.74, 6) is 0.558. The molecule has 0 saturated heterocycles. The van der Waals surface area contributed by atoms with Crippen molar-refractivity contribution in [3.8, 4) is 0 Å². The Morgan fingerprint density at radius 2 is 2.05 bits per heavy atom. The minimum atomic E-state index is -3.58. The van der Waals surface area contributed by atoms with E-state index in [0.717, 1.165) is 11.1 Å². The van der Waals surface area contributed by atoms with E-state index in [1.54, 1.807) is 23.7 Å². The minimum Gasteiger partial charge on any atom is -0.320 e. The highest BCUT2D eigenvalue weighted by Crippen LogP contribution is 2.19. The molecule has 7 nitrogen and oxygen atoms in total. The van der Waals surface area contributed by atoms with E-state index in [2.05, 4.69) is 20.2 Å². The van der Waals surface area contributed by atoms with Crippen LogP contribution < -0.4 is 10.0 Å². The average Bonchev–Trinajstić information content (AvgIpc) is 2.84. The molecule has 0 radical (unpaired) electrons. The summed E-state index contributed by atoms with van der Waals surface area (Å²) in [6.07, 6.45) is 1.53. The van der Waals surface area contributed by atoms with Crippen LogP contribution in [0.1, 0.15) is 17.0 Å². The predicted octanol–water partition coefficient (Wildman–Crippen LogP) is 0.321. The summed E-state index contributed by atoms with van der Waals surface area (Å²) in [4.78, 5) is 0.289. The van der Waals surface area contributed by atoms with Crippen LogP contribution in [-0.2, 0) is 30.2 Å². The van der Waals surface area contributed by atoms with Gasteiger partial charge in [-0.1, -0.05) is 12.1 Å². The van der Waals surface area contributed by atoms with Crippen molar-refractivity contribution in [3.05, 3.63) is 41.5 Å². The standard InChI is InChI=1S/C13H19N5O2S/c1-10-11(7-14-2)5-4-6-12(10)21(19,20)16-8-13-17-15-9-18(13)3/h4-6,9,14,16H,7-8H2,1-3H3. The Kier molecular flexibility index (Phi) is 4.71. The smallest absolute Gasteiger partial charge is 0.241 e. The van der Waals surface area contributed by atoms with Gasteiger partial charge in [-0.05, 0) is 31.2 Å². The van der Waals surface area contributed by atoms with Gasteiger partial charge in [-0.15, -0.1) is 10.2 Å². The Hall–Kier alpha value is -1.77. The molecule has 0 spiro atoms. The Bertz CT molecular complexity index is 724. The van der Waals surface area contributed by atoms with E-state index < -0.39 is 10.0 Å². The topological polar surface area (TPSA) is 88.9 Å². The highest BCUT2D eigenvalue weighted by molar-refractivity contribution is 7.89. The first kappa shape index (κ1) is 15.6. The molecule has 8 heteroatoms. The molecule has 2 aromatic rings. The zero-order valence-corrected chi connectivity index (χ0v) is 13.1. The highest BCUT2D eigenvalue weighted by Gasteiger charge is 2.18. The molecule has 1 heterocycles. The fraction of sp³-hybridized carbons (Fsp3) is 0.385. The highest BCUT2D eigenvalue weighted by atomic mass is 32.2. The van der Waals surface area contributed by atoms with E-state index in [1.807, 2.05) is 20.0 Å². The lowest BCUT2D eigenvalue weighted by atomic mass is 10.1. The largest absolute Gasteiger partial charge is 0.320 e. The monoisotopic (exact) mass is 309 g/mol. The lowest BCUT2D eigenvalue weighted by Gasteiger charge is -2.12. The maximum atomic E-state index is 12.4. The van der Waals surface area contributed by atoms with Gasteiger partial charge in [0.05, 0.1) is 11.4 Å². The third-order valence-corrected chi connectivity index (χ3v) is 4.82. The molecule has 0 bridgehead atoms. The summed E-state index contributed by atoms with van der Waals surface area (Å²) in [6.45, 7) is 2.54. The average molecular weight is 309 g/mol. The second-order valence-electron chi connectivity index (χ2n) is 4.75. The van der Waals surface area contributed by atoms with Crippen molar-refractivity contribution in [2.75, 3.05) is 7.05 Å². The third-order valence-electron chi connectivity index (χ3n) is 3.28. The van der Waals surface area contributed by atoms with Crippen molar-refractivity contribution in [2.24, 2.45) is 7.05 Å². The maximum absolute atomic E-state index is 12.4. The Balaban J connectivity index is 2.23. The molecule has 1 aromatic carbocycles. The number of nitrogens with zero attached hydrogens (tertiary/aromatic N) is 3. The first-order valence-corrected chi connectivity index (χ1v) is 7.99. The molecule has 1 aromatic heterocycles. The quantitative estimate of drug-likeness (QED) is 0.802. The van der Waals surface area contributed by atoms with Crippen LogP contribution in [0.3, 0.4) is 0 Å². The Morgan fingerprint density at radius 3 is 2.67 bits per heavy atom. The molecule has 0 fully saturated rings. The van der Waals surface area contributed by atoms with Crippen molar-refractivity contribution in [2.45, 2.75) is 24.9 Å². The summed E-state index contributed by atoms with van der Waals surface area (Å²) in [5, 5.41) is 10.6. The van der Waals surface area contributed by atoms with E-state index in [9.17, 15) is 8.42 Å². The van der Waals surface area contributed by atoms with Crippen LogP contribution >= 0.6 is 0 Å². The summed E-state index contributed by atoms with van der Waals surface area (Å²) in [6, 6.07) is 5.26. The maximum Gasteiger partial charge on any atom is 0.241 e. The number of aromatic nitrogens is 3. The zero-order chi connectivity index (χ0) is 15.5. The molecule has 21 heavy (non-hydrogen) atoms. The van der Waals surface area contributed by atoms with E-state index in [0.29, 0.717) is 12.4 Å². The number of benzene rings is 1. The third kappa shape index (κ3) is 3.46. The molecule has 0 aliphatic carbocycles. The van der Waals surface area contributed by atoms with Gasteiger partial charge in [0.25, 0.3) is 0 Å². The van der Waals surface area contributed by atoms with E-state index in [4.69, 9.17) is 0 Å². The number of hydrogen-bond acceptors (Lipinski definition) is 5. The van der Waals surface area contributed by atoms with Gasteiger partial charge in [0.2, 0.25) is 10.0 Å². The number of sulfonamides is 1. The molecule has 0 unspecified atom stereocenters. The Morgan fingerprint density at radius 1 is 1.29 bits per heavy atom. The molecular weight excluding hydrogens is 290 g/mol. The van der Waals surface area contributed by atoms with Crippen molar-refractivity contribution < 1.29 is 8.42 Å². The summed E-state index contributed by atoms with van der Waals surface area (Å²) >= 11 is 0. The van der Waals surface area contributed by atoms with Crippen LogP contribution in [0.2, 0.25) is 0 Å². The summed E-state index contributed by atoms with van der Waals surface area (Å²) in [5.41, 5.74) is 1.70. The van der Waals surface area contributed by atoms with Crippen LogP contribution in [-0.4, -0.2) is 30.2 Å². The normalized spacial score (nSPS) is 11.8. The first-order chi connectivity index (χ1) is 9.95. The lowest BCUT2D eigenvalue weighted by molar-refractivity contribution is 0.576. The number of hydrogen-bond donors (Lipinski definition) is 2. The summed E-state index contributed by atoms with van der Waals surface area (Å²) < 4.78 is 29.1. The number of rotatable bonds is 6. The van der Waals surface area contributed by atoms with Crippen molar-refractivity contribution in [3.63, 3.8) is 0 Å². The van der Waals surface area contributed by atoms with Crippen LogP contribution in [0, 0.1) is 6.92 Å². The second kappa shape index (κ2) is 6.33. The SMILES string of the molecule is CNCc1cccc(S(=O)(=O)NCc2nncn2C)c1C. The minimum absolute atomic E-state index is 0.106. The van der Waals surface area contributed by atoms with Gasteiger partial charge in [0, 0.05) is 13.6 Å². The fourth-order valence-corrected chi connectivity index (χ4v) is 3.30. The molecule has 2 rings (SSSR count). The van der Waals surface area contributed by atoms with E-state index >= 15 is 0 Å². The Labute approximate surface area is 124 Å². The number of nitrogens with one attached hydrogen (secondary N) is 2. The van der Waals surface area contributed by atoms with Crippen LogP contribution in [0.5, 0.6) is 0 Å². The van der Waals surface area contributed by atoms with Gasteiger partial charge in [0.1, 0.15) is 12.2 Å². The van der Waals surface area contributed by atoms with Crippen molar-refractivity contribution in [1.82, 2.24) is 24.8 Å². The van der Waals surface area contributed by atoms with Crippen LogP contribution in [0.25, 0.3) is 0 Å². The van der Waals surface area contributed by atoms with Gasteiger partial charge in [-0.2, -0.15) is 0 Å². The van der Waals surface area contributed by atoms with Crippen molar-refractivity contribution in [1.29, 1.82) is 0 Å². The molecule has 2 N–H and O–H groups in total. The van der Waals surface area contributed by atoms with Gasteiger partial charge in [0.15, 0.2) is 0 Å². The zero-order valence-electron chi connectivity index (χ0n) is 12.3. The van der Waals surface area contributed by atoms with Gasteiger partial charge in [-0.25, -0.2) is 13.1 Å². The lowest BCUT2D eigenvalue weighted by Crippen LogP contribution is -2.26. The molecule has 114 valence electrons. The first-order valence-electron chi connectivity index (χ1n) is 6.51. The molecule has 0 amide bonds. The van der Waals surface area contributed by atoms with E-state index in [1.165, 1.54) is 6.33 Å². The fourth-order valence-electron chi connectivity index (χ4n) is 2.04. The van der Waals surface area contributed by atoms with Crippen LogP contribution in [0.4, 0.5) is 0 Å². The van der Waals surface area contributed by atoms with E-state index in [-0.39, 0.29) is 11.4 Å². The molecular formula is C13H19N5O2S. The molecule has 0 saturated carbocycles. The van der Waals surface area contributed by atoms with Gasteiger partial charge >= 0.3 is 0 Å². The van der Waals surface area contributed by atoms with Crippen molar-refractivity contribution >= 4 is 10.0 Å². The number of aryl methyl sites for hydroxylation is 1. The molecule has 0 aliphatic heterocycles. The molecule has 0 atom stereocenters. The van der Waals surface area contributed by atoms with Crippen LogP contribution in [0.15, 0.2) is 29.4 Å².